The van der Waals surface area contributed by atoms with Gasteiger partial charge in [-0.25, -0.2) is 0 Å². The Morgan fingerprint density at radius 3 is 2.38 bits per heavy atom. The first-order chi connectivity index (χ1) is 18.6. The van der Waals surface area contributed by atoms with E-state index in [0.717, 1.165) is 27.8 Å². The Bertz CT molecular complexity index is 1370. The molecule has 2 aliphatic heterocycles. The molecule has 0 radical (unpaired) electrons. The number of nitrogens with one attached hydrogen (secondary N) is 2. The minimum Gasteiger partial charge on any atom is -0.309 e. The molecule has 0 spiro atoms. The van der Waals surface area contributed by atoms with Crippen molar-refractivity contribution in [3.05, 3.63) is 64.7 Å². The van der Waals surface area contributed by atoms with Crippen LogP contribution in [0.3, 0.4) is 0 Å². The van der Waals surface area contributed by atoms with Crippen LogP contribution in [0.25, 0.3) is 0 Å². The van der Waals surface area contributed by atoms with E-state index in [0.29, 0.717) is 33.8 Å². The second kappa shape index (κ2) is 9.59. The second-order valence-corrected chi connectivity index (χ2v) is 13.3. The van der Waals surface area contributed by atoms with Crippen molar-refractivity contribution in [1.82, 2.24) is 15.5 Å². The van der Waals surface area contributed by atoms with E-state index in [1.165, 1.54) is 36.6 Å². The van der Waals surface area contributed by atoms with Gasteiger partial charge in [-0.05, 0) is 65.7 Å². The molecule has 1 saturated heterocycles. The number of thioether (sulfide) groups is 1. The maximum absolute atomic E-state index is 13.3. The number of carbonyl (C=O) groups is 4. The molecule has 6 rings (SSSR count). The molecule has 4 aliphatic rings. The standard InChI is InChI=1S/C31H35N3O4S/c1-30(2)20-13-14-31(30,3)24(15-20)32-16-18-7-9-19(10-8-18)17-39-23-6-4-5-21-26(23)29(38)34(28(21)37)22-11-12-25(35)33-27(22)36/h4-10,20,22,24,32H,11-17H2,1-3H3,(H,33,35,36)/t20-,22?,24+,31+/m1/s1. The molecule has 2 aromatic carbocycles. The molecule has 2 aliphatic carbocycles. The predicted molar refractivity (Wildman–Crippen MR) is 149 cm³/mol. The number of benzene rings is 2. The first-order valence-electron chi connectivity index (χ1n) is 13.9. The lowest BCUT2D eigenvalue weighted by Gasteiger charge is -2.39. The number of hydrogen-bond donors (Lipinski definition) is 2. The minimum atomic E-state index is -0.956. The molecule has 4 amide bonds. The van der Waals surface area contributed by atoms with E-state index in [9.17, 15) is 19.2 Å². The van der Waals surface area contributed by atoms with Crippen LogP contribution in [0.2, 0.25) is 0 Å². The molecule has 2 bridgehead atoms. The fraction of sp³-hybridized carbons (Fsp3) is 0.484. The summed E-state index contributed by atoms with van der Waals surface area (Å²) in [6.45, 7) is 8.20. The van der Waals surface area contributed by atoms with E-state index in [4.69, 9.17) is 0 Å². The lowest BCUT2D eigenvalue weighted by Crippen LogP contribution is -2.54. The third-order valence-electron chi connectivity index (χ3n) is 10.2. The Balaban J connectivity index is 1.09. The number of imide groups is 2. The van der Waals surface area contributed by atoms with Gasteiger partial charge in [0.15, 0.2) is 0 Å². The number of piperidine rings is 1. The molecule has 3 fully saturated rings. The Morgan fingerprint density at radius 2 is 1.72 bits per heavy atom. The fourth-order valence-electron chi connectivity index (χ4n) is 7.27. The number of amides is 4. The zero-order chi connectivity index (χ0) is 27.5. The summed E-state index contributed by atoms with van der Waals surface area (Å²) in [5.74, 6) is -0.446. The second-order valence-electron chi connectivity index (χ2n) is 12.3. The summed E-state index contributed by atoms with van der Waals surface area (Å²) in [6, 6.07) is 13.4. The van der Waals surface area contributed by atoms with Crippen molar-refractivity contribution in [3.63, 3.8) is 0 Å². The molecule has 7 nitrogen and oxygen atoms in total. The van der Waals surface area contributed by atoms with Gasteiger partial charge in [0.25, 0.3) is 11.8 Å². The van der Waals surface area contributed by atoms with Gasteiger partial charge in [-0.1, -0.05) is 51.1 Å². The highest BCUT2D eigenvalue weighted by Gasteiger charge is 2.61. The molecule has 2 aromatic rings. The van der Waals surface area contributed by atoms with Gasteiger partial charge in [-0.15, -0.1) is 11.8 Å². The third kappa shape index (κ3) is 4.23. The molecule has 2 saturated carbocycles. The summed E-state index contributed by atoms with van der Waals surface area (Å²) in [5.41, 5.74) is 3.81. The van der Waals surface area contributed by atoms with Gasteiger partial charge in [-0.3, -0.25) is 29.4 Å². The first kappa shape index (κ1) is 26.3. The number of fused-ring (bicyclic) bond motifs is 3. The van der Waals surface area contributed by atoms with Gasteiger partial charge in [-0.2, -0.15) is 0 Å². The van der Waals surface area contributed by atoms with E-state index < -0.39 is 23.8 Å². The van der Waals surface area contributed by atoms with Gasteiger partial charge < -0.3 is 5.32 Å². The van der Waals surface area contributed by atoms with Crippen LogP contribution in [0.1, 0.15) is 84.7 Å². The summed E-state index contributed by atoms with van der Waals surface area (Å²) in [7, 11) is 0. The summed E-state index contributed by atoms with van der Waals surface area (Å²) in [6.07, 6.45) is 4.18. The average molecular weight is 546 g/mol. The summed E-state index contributed by atoms with van der Waals surface area (Å²) < 4.78 is 0. The molecule has 2 N–H and O–H groups in total. The lowest BCUT2D eigenvalue weighted by molar-refractivity contribution is -0.136. The molecule has 8 heteroatoms. The van der Waals surface area contributed by atoms with Crippen molar-refractivity contribution in [1.29, 1.82) is 0 Å². The quantitative estimate of drug-likeness (QED) is 0.387. The van der Waals surface area contributed by atoms with Gasteiger partial charge in [0.1, 0.15) is 6.04 Å². The zero-order valence-electron chi connectivity index (χ0n) is 22.7. The topological polar surface area (TPSA) is 95.6 Å². The fourth-order valence-corrected chi connectivity index (χ4v) is 8.30. The van der Waals surface area contributed by atoms with Crippen LogP contribution in [0.5, 0.6) is 0 Å². The molecule has 0 aromatic heterocycles. The van der Waals surface area contributed by atoms with E-state index in [2.05, 4.69) is 55.7 Å². The smallest absolute Gasteiger partial charge is 0.263 e. The SMILES string of the molecule is CC1(C)[C@@H]2CC[C@@]1(C)[C@@H](NCc1ccc(CSc3cccc4c3C(=O)N(C3CCC(=O)NC3=O)C4=O)cc1)C2. The van der Waals surface area contributed by atoms with Crippen molar-refractivity contribution in [2.75, 3.05) is 0 Å². The molecule has 39 heavy (non-hydrogen) atoms. The molecular weight excluding hydrogens is 510 g/mol. The van der Waals surface area contributed by atoms with Crippen molar-refractivity contribution in [2.45, 2.75) is 82.2 Å². The highest BCUT2D eigenvalue weighted by atomic mass is 32.2. The first-order valence-corrected chi connectivity index (χ1v) is 14.9. The van der Waals surface area contributed by atoms with Crippen LogP contribution in [-0.2, 0) is 21.9 Å². The van der Waals surface area contributed by atoms with Crippen LogP contribution >= 0.6 is 11.8 Å². The maximum atomic E-state index is 13.3. The molecule has 204 valence electrons. The van der Waals surface area contributed by atoms with Crippen LogP contribution in [0.15, 0.2) is 47.4 Å². The van der Waals surface area contributed by atoms with Gasteiger partial charge in [0.05, 0.1) is 11.1 Å². The normalized spacial score (nSPS) is 29.2. The summed E-state index contributed by atoms with van der Waals surface area (Å²) in [4.78, 5) is 52.1. The Hall–Kier alpha value is -2.97. The van der Waals surface area contributed by atoms with E-state index in [1.54, 1.807) is 12.1 Å². The third-order valence-corrected chi connectivity index (χ3v) is 11.3. The summed E-state index contributed by atoms with van der Waals surface area (Å²) in [5, 5.41) is 6.09. The van der Waals surface area contributed by atoms with Crippen LogP contribution in [0, 0.1) is 16.7 Å². The Labute approximate surface area is 233 Å². The maximum Gasteiger partial charge on any atom is 0.263 e. The van der Waals surface area contributed by atoms with E-state index in [1.807, 2.05) is 6.07 Å². The number of nitrogens with zero attached hydrogens (tertiary/aromatic N) is 1. The monoisotopic (exact) mass is 545 g/mol. The number of hydrogen-bond acceptors (Lipinski definition) is 6. The number of carbonyl (C=O) groups excluding carboxylic acids is 4. The zero-order valence-corrected chi connectivity index (χ0v) is 23.5. The van der Waals surface area contributed by atoms with Crippen LogP contribution in [0.4, 0.5) is 0 Å². The lowest BCUT2D eigenvalue weighted by atomic mass is 9.69. The Morgan fingerprint density at radius 1 is 0.974 bits per heavy atom. The van der Waals surface area contributed by atoms with Crippen molar-refractivity contribution in [2.24, 2.45) is 16.7 Å². The van der Waals surface area contributed by atoms with Gasteiger partial charge in [0.2, 0.25) is 11.8 Å². The van der Waals surface area contributed by atoms with Gasteiger partial charge in [0, 0.05) is 29.7 Å². The molecule has 4 atom stereocenters. The highest BCUT2D eigenvalue weighted by Crippen LogP contribution is 2.65. The predicted octanol–water partition coefficient (Wildman–Crippen LogP) is 4.68. The van der Waals surface area contributed by atoms with Crippen LogP contribution < -0.4 is 10.6 Å². The Kier molecular flexibility index (Phi) is 6.46. The molecule has 1 unspecified atom stereocenters. The van der Waals surface area contributed by atoms with Crippen LogP contribution in [-0.4, -0.2) is 40.6 Å². The van der Waals surface area contributed by atoms with E-state index >= 15 is 0 Å². The summed E-state index contributed by atoms with van der Waals surface area (Å²) >= 11 is 1.51. The number of rotatable bonds is 7. The van der Waals surface area contributed by atoms with E-state index in [-0.39, 0.29) is 18.7 Å². The van der Waals surface area contributed by atoms with Crippen molar-refractivity contribution < 1.29 is 19.2 Å². The highest BCUT2D eigenvalue weighted by molar-refractivity contribution is 7.98. The van der Waals surface area contributed by atoms with Crippen molar-refractivity contribution in [3.8, 4) is 0 Å². The average Bonchev–Trinajstić information content (AvgIpc) is 3.38. The molecular formula is C31H35N3O4S. The minimum absolute atomic E-state index is 0.107. The molecule has 2 heterocycles. The van der Waals surface area contributed by atoms with Crippen molar-refractivity contribution >= 4 is 35.4 Å². The van der Waals surface area contributed by atoms with Gasteiger partial charge >= 0.3 is 0 Å². The largest absolute Gasteiger partial charge is 0.309 e.